The van der Waals surface area contributed by atoms with Gasteiger partial charge in [-0.1, -0.05) is 41.7 Å². The van der Waals surface area contributed by atoms with Crippen molar-refractivity contribution in [2.75, 3.05) is 18.6 Å². The summed E-state index contributed by atoms with van der Waals surface area (Å²) in [6.45, 7) is 3.23. The van der Waals surface area contributed by atoms with Crippen LogP contribution in [0.25, 0.3) is 10.2 Å². The molecule has 0 radical (unpaired) electrons. The number of carbonyl (C=O) groups is 1. The molecule has 0 aliphatic heterocycles. The molecule has 1 heterocycles. The highest BCUT2D eigenvalue weighted by atomic mass is 32.1. The molecule has 32 heavy (non-hydrogen) atoms. The Hall–Kier alpha value is -3.45. The number of carboxylic acid groups (broad SMARTS) is 1. The molecule has 0 unspecified atom stereocenters. The Kier molecular flexibility index (Phi) is 6.37. The lowest BCUT2D eigenvalue weighted by Crippen LogP contribution is -2.25. The van der Waals surface area contributed by atoms with E-state index in [2.05, 4.69) is 16.0 Å². The van der Waals surface area contributed by atoms with Gasteiger partial charge in [0.2, 0.25) is 0 Å². The summed E-state index contributed by atoms with van der Waals surface area (Å²) in [5.74, 6) is -0.376. The standard InChI is InChI=1S/C25H23FN2O3S/c1-16-14-17(8-11-22(16)31-2)12-13-28(15-18-6-9-19(10-7-18)24(29)30)25-27-21-5-3-4-20(26)23(21)32-25/h3-11,14H,12-13,15H2,1-2H3,(H,29,30). The second-order valence-electron chi connectivity index (χ2n) is 7.56. The van der Waals surface area contributed by atoms with Crippen molar-refractivity contribution in [2.45, 2.75) is 19.9 Å². The van der Waals surface area contributed by atoms with Crippen LogP contribution >= 0.6 is 11.3 Å². The van der Waals surface area contributed by atoms with E-state index < -0.39 is 5.97 Å². The fourth-order valence-electron chi connectivity index (χ4n) is 3.61. The minimum atomic E-state index is -0.954. The number of fused-ring (bicyclic) bond motifs is 1. The molecule has 4 aromatic rings. The lowest BCUT2D eigenvalue weighted by atomic mass is 10.1. The number of ether oxygens (including phenoxy) is 1. The lowest BCUT2D eigenvalue weighted by molar-refractivity contribution is 0.0697. The molecule has 5 nitrogen and oxygen atoms in total. The molecule has 0 spiro atoms. The van der Waals surface area contributed by atoms with Crippen molar-refractivity contribution in [3.8, 4) is 5.75 Å². The summed E-state index contributed by atoms with van der Waals surface area (Å²) >= 11 is 1.33. The molecule has 164 valence electrons. The SMILES string of the molecule is COc1ccc(CCN(Cc2ccc(C(=O)O)cc2)c2nc3cccc(F)c3s2)cc1C. The summed E-state index contributed by atoms with van der Waals surface area (Å²) in [5, 5.41) is 9.88. The third kappa shape index (κ3) is 4.73. The third-order valence-electron chi connectivity index (χ3n) is 5.33. The van der Waals surface area contributed by atoms with E-state index in [9.17, 15) is 9.18 Å². The number of aromatic carboxylic acids is 1. The van der Waals surface area contributed by atoms with Crippen LogP contribution in [-0.2, 0) is 13.0 Å². The summed E-state index contributed by atoms with van der Waals surface area (Å²) in [7, 11) is 1.66. The van der Waals surface area contributed by atoms with Gasteiger partial charge in [0.15, 0.2) is 5.13 Å². The molecule has 0 amide bonds. The Morgan fingerprint density at radius 2 is 1.88 bits per heavy atom. The van der Waals surface area contributed by atoms with Crippen LogP contribution < -0.4 is 9.64 Å². The van der Waals surface area contributed by atoms with Crippen LogP contribution in [0, 0.1) is 12.7 Å². The maximum absolute atomic E-state index is 14.3. The van der Waals surface area contributed by atoms with E-state index in [1.807, 2.05) is 37.3 Å². The molecular weight excluding hydrogens is 427 g/mol. The Labute approximate surface area is 189 Å². The van der Waals surface area contributed by atoms with Crippen LogP contribution in [0.2, 0.25) is 0 Å². The van der Waals surface area contributed by atoms with Gasteiger partial charge in [0.25, 0.3) is 0 Å². The van der Waals surface area contributed by atoms with E-state index >= 15 is 0 Å². The molecule has 1 aromatic heterocycles. The first-order chi connectivity index (χ1) is 15.4. The van der Waals surface area contributed by atoms with Gasteiger partial charge in [-0.2, -0.15) is 0 Å². The van der Waals surface area contributed by atoms with E-state index in [1.54, 1.807) is 25.3 Å². The van der Waals surface area contributed by atoms with Crippen molar-refractivity contribution in [3.63, 3.8) is 0 Å². The first-order valence-electron chi connectivity index (χ1n) is 10.2. The zero-order chi connectivity index (χ0) is 22.7. The molecule has 0 saturated carbocycles. The van der Waals surface area contributed by atoms with Crippen molar-refractivity contribution >= 4 is 32.7 Å². The Bertz CT molecular complexity index is 1250. The van der Waals surface area contributed by atoms with Gasteiger partial charge in [-0.25, -0.2) is 14.2 Å². The summed E-state index contributed by atoms with van der Waals surface area (Å²) in [5.41, 5.74) is 4.08. The summed E-state index contributed by atoms with van der Waals surface area (Å²) in [6, 6.07) is 17.8. The molecule has 1 N–H and O–H groups in total. The largest absolute Gasteiger partial charge is 0.496 e. The first kappa shape index (κ1) is 21.8. The van der Waals surface area contributed by atoms with Crippen LogP contribution in [-0.4, -0.2) is 29.7 Å². The van der Waals surface area contributed by atoms with Crippen LogP contribution in [0.1, 0.15) is 27.0 Å². The summed E-state index contributed by atoms with van der Waals surface area (Å²) in [6.07, 6.45) is 0.774. The maximum atomic E-state index is 14.3. The van der Waals surface area contributed by atoms with Crippen molar-refractivity contribution in [1.29, 1.82) is 0 Å². The highest BCUT2D eigenvalue weighted by Gasteiger charge is 2.16. The maximum Gasteiger partial charge on any atom is 0.335 e. The molecule has 4 rings (SSSR count). The molecule has 0 saturated heterocycles. The normalized spacial score (nSPS) is 11.0. The van der Waals surface area contributed by atoms with Gasteiger partial charge in [0, 0.05) is 13.1 Å². The lowest BCUT2D eigenvalue weighted by Gasteiger charge is -2.22. The van der Waals surface area contributed by atoms with E-state index in [4.69, 9.17) is 9.84 Å². The van der Waals surface area contributed by atoms with Gasteiger partial charge >= 0.3 is 5.97 Å². The van der Waals surface area contributed by atoms with Crippen molar-refractivity contribution in [2.24, 2.45) is 0 Å². The van der Waals surface area contributed by atoms with E-state index in [0.29, 0.717) is 23.3 Å². The molecule has 0 aliphatic carbocycles. The number of hydrogen-bond acceptors (Lipinski definition) is 5. The number of aromatic nitrogens is 1. The number of thiazole rings is 1. The Balaban J connectivity index is 1.61. The number of hydrogen-bond donors (Lipinski definition) is 1. The van der Waals surface area contributed by atoms with Gasteiger partial charge in [0.1, 0.15) is 11.6 Å². The quantitative estimate of drug-likeness (QED) is 0.373. The molecule has 0 bridgehead atoms. The first-order valence-corrected chi connectivity index (χ1v) is 11.0. The van der Waals surface area contributed by atoms with Crippen LogP contribution in [0.15, 0.2) is 60.7 Å². The molecule has 3 aromatic carbocycles. The fourth-order valence-corrected chi connectivity index (χ4v) is 4.61. The number of carboxylic acids is 1. The Morgan fingerprint density at radius 1 is 1.12 bits per heavy atom. The predicted molar refractivity (Wildman–Crippen MR) is 125 cm³/mol. The highest BCUT2D eigenvalue weighted by molar-refractivity contribution is 7.22. The van der Waals surface area contributed by atoms with Crippen LogP contribution in [0.3, 0.4) is 0 Å². The average Bonchev–Trinajstić information content (AvgIpc) is 3.22. The van der Waals surface area contributed by atoms with E-state index in [-0.39, 0.29) is 11.4 Å². The number of aryl methyl sites for hydroxylation is 1. The van der Waals surface area contributed by atoms with Crippen molar-refractivity contribution in [3.05, 3.63) is 88.7 Å². The summed E-state index contributed by atoms with van der Waals surface area (Å²) < 4.78 is 20.1. The van der Waals surface area contributed by atoms with Gasteiger partial charge in [0.05, 0.1) is 22.9 Å². The van der Waals surface area contributed by atoms with Crippen LogP contribution in [0.5, 0.6) is 5.75 Å². The zero-order valence-corrected chi connectivity index (χ0v) is 18.7. The third-order valence-corrected chi connectivity index (χ3v) is 6.47. The number of halogens is 1. The van der Waals surface area contributed by atoms with E-state index in [1.165, 1.54) is 23.0 Å². The van der Waals surface area contributed by atoms with Crippen molar-refractivity contribution in [1.82, 2.24) is 4.98 Å². The molecule has 7 heteroatoms. The van der Waals surface area contributed by atoms with Gasteiger partial charge < -0.3 is 14.7 Å². The number of benzene rings is 3. The fraction of sp³-hybridized carbons (Fsp3) is 0.200. The zero-order valence-electron chi connectivity index (χ0n) is 17.8. The highest BCUT2D eigenvalue weighted by Crippen LogP contribution is 2.32. The van der Waals surface area contributed by atoms with Crippen LogP contribution in [0.4, 0.5) is 9.52 Å². The number of methoxy groups -OCH3 is 1. The molecule has 0 fully saturated rings. The molecular formula is C25H23FN2O3S. The average molecular weight is 451 g/mol. The second-order valence-corrected chi connectivity index (χ2v) is 8.54. The smallest absolute Gasteiger partial charge is 0.335 e. The second kappa shape index (κ2) is 9.36. The summed E-state index contributed by atoms with van der Waals surface area (Å²) in [4.78, 5) is 17.9. The molecule has 0 atom stereocenters. The number of rotatable bonds is 8. The number of anilines is 1. The monoisotopic (exact) mass is 450 g/mol. The Morgan fingerprint density at radius 3 is 2.53 bits per heavy atom. The van der Waals surface area contributed by atoms with Crippen molar-refractivity contribution < 1.29 is 19.0 Å². The van der Waals surface area contributed by atoms with Gasteiger partial charge in [-0.3, -0.25) is 0 Å². The number of nitrogens with zero attached hydrogens (tertiary/aromatic N) is 2. The van der Waals surface area contributed by atoms with Gasteiger partial charge in [-0.05, 0) is 60.4 Å². The predicted octanol–water partition coefficient (Wildman–Crippen LogP) is 5.70. The van der Waals surface area contributed by atoms with E-state index in [0.717, 1.165) is 28.4 Å². The van der Waals surface area contributed by atoms with Gasteiger partial charge in [-0.15, -0.1) is 0 Å². The minimum Gasteiger partial charge on any atom is -0.496 e. The topological polar surface area (TPSA) is 62.7 Å². The minimum absolute atomic E-state index is 0.246. The molecule has 0 aliphatic rings.